The summed E-state index contributed by atoms with van der Waals surface area (Å²) in [6, 6.07) is 30.1. The van der Waals surface area contributed by atoms with Crippen LogP contribution in [-0.4, -0.2) is 4.98 Å². The fourth-order valence-corrected chi connectivity index (χ4v) is 5.60. The molecule has 0 saturated carbocycles. The monoisotopic (exact) mass is 480 g/mol. The molecule has 6 aromatic rings. The molecule has 7 rings (SSSR count). The molecule has 2 aromatic heterocycles. The molecular formula is C34H28N2O. The summed E-state index contributed by atoms with van der Waals surface area (Å²) < 4.78 is 6.57. The maximum absolute atomic E-state index is 6.57. The SMILES string of the molecule is Cc1c2cc3c(oc4ccccc43)c1-c1cc(C(C)(C)C)ccc1Nc1ccc(-c3ccccn3)cc1-2. The second-order valence-corrected chi connectivity index (χ2v) is 11.0. The molecule has 4 aromatic carbocycles. The van der Waals surface area contributed by atoms with Crippen LogP contribution in [0.4, 0.5) is 11.4 Å². The first-order valence-electron chi connectivity index (χ1n) is 12.8. The average Bonchev–Trinajstić information content (AvgIpc) is 3.27. The van der Waals surface area contributed by atoms with Crippen molar-refractivity contribution >= 4 is 33.3 Å². The van der Waals surface area contributed by atoms with Crippen LogP contribution in [0.2, 0.25) is 0 Å². The van der Waals surface area contributed by atoms with Gasteiger partial charge in [0.15, 0.2) is 0 Å². The largest absolute Gasteiger partial charge is 0.455 e. The fraction of sp³-hybridized carbons (Fsp3) is 0.147. The number of hydrogen-bond acceptors (Lipinski definition) is 3. The topological polar surface area (TPSA) is 38.1 Å². The van der Waals surface area contributed by atoms with Crippen molar-refractivity contribution < 1.29 is 4.42 Å². The second-order valence-electron chi connectivity index (χ2n) is 11.0. The van der Waals surface area contributed by atoms with Gasteiger partial charge in [-0.25, -0.2) is 0 Å². The molecule has 1 aliphatic rings. The minimum absolute atomic E-state index is 0.0331. The highest BCUT2D eigenvalue weighted by Crippen LogP contribution is 2.49. The predicted molar refractivity (Wildman–Crippen MR) is 155 cm³/mol. The van der Waals surface area contributed by atoms with E-state index < -0.39 is 0 Å². The first-order valence-corrected chi connectivity index (χ1v) is 12.8. The van der Waals surface area contributed by atoms with E-state index in [0.29, 0.717) is 0 Å². The van der Waals surface area contributed by atoms with E-state index in [1.165, 1.54) is 27.8 Å². The summed E-state index contributed by atoms with van der Waals surface area (Å²) in [5.74, 6) is 0. The van der Waals surface area contributed by atoms with Crippen LogP contribution in [0.1, 0.15) is 31.9 Å². The van der Waals surface area contributed by atoms with Gasteiger partial charge in [-0.3, -0.25) is 4.98 Å². The third-order valence-electron chi connectivity index (χ3n) is 7.62. The Hall–Kier alpha value is -4.37. The van der Waals surface area contributed by atoms with E-state index >= 15 is 0 Å². The molecule has 0 radical (unpaired) electrons. The van der Waals surface area contributed by atoms with Crippen LogP contribution >= 0.6 is 0 Å². The molecule has 37 heavy (non-hydrogen) atoms. The van der Waals surface area contributed by atoms with E-state index in [1.807, 2.05) is 24.4 Å². The molecule has 0 atom stereocenters. The second kappa shape index (κ2) is 7.81. The maximum Gasteiger partial charge on any atom is 0.143 e. The molecule has 3 heterocycles. The van der Waals surface area contributed by atoms with Crippen LogP contribution in [0.25, 0.3) is 55.4 Å². The Morgan fingerprint density at radius 3 is 2.32 bits per heavy atom. The van der Waals surface area contributed by atoms with Crippen molar-refractivity contribution in [2.24, 2.45) is 0 Å². The Balaban J connectivity index is 1.61. The molecule has 1 N–H and O–H groups in total. The molecule has 0 spiro atoms. The summed E-state index contributed by atoms with van der Waals surface area (Å²) in [7, 11) is 0. The summed E-state index contributed by atoms with van der Waals surface area (Å²) in [5, 5.41) is 6.07. The van der Waals surface area contributed by atoms with Crippen molar-refractivity contribution in [1.82, 2.24) is 4.98 Å². The van der Waals surface area contributed by atoms with Gasteiger partial charge in [-0.15, -0.1) is 0 Å². The first kappa shape index (κ1) is 21.9. The number of pyridine rings is 1. The van der Waals surface area contributed by atoms with Gasteiger partial charge in [0.2, 0.25) is 0 Å². The highest BCUT2D eigenvalue weighted by molar-refractivity contribution is 6.14. The summed E-state index contributed by atoms with van der Waals surface area (Å²) >= 11 is 0. The summed E-state index contributed by atoms with van der Waals surface area (Å²) in [6.45, 7) is 9.02. The zero-order valence-electron chi connectivity index (χ0n) is 21.5. The molecule has 2 bridgehead atoms. The molecular weight excluding hydrogens is 452 g/mol. The average molecular weight is 481 g/mol. The van der Waals surface area contributed by atoms with Crippen LogP contribution in [-0.2, 0) is 5.41 Å². The number of nitrogens with one attached hydrogen (secondary N) is 1. The van der Waals surface area contributed by atoms with Gasteiger partial charge in [-0.05, 0) is 77.6 Å². The van der Waals surface area contributed by atoms with Gasteiger partial charge < -0.3 is 9.73 Å². The molecule has 0 fully saturated rings. The van der Waals surface area contributed by atoms with Crippen LogP contribution in [0.3, 0.4) is 0 Å². The van der Waals surface area contributed by atoms with Gasteiger partial charge in [0.05, 0.1) is 5.69 Å². The minimum atomic E-state index is 0.0331. The maximum atomic E-state index is 6.57. The number of anilines is 2. The number of para-hydroxylation sites is 1. The molecule has 180 valence electrons. The van der Waals surface area contributed by atoms with E-state index in [4.69, 9.17) is 4.42 Å². The predicted octanol–water partition coefficient (Wildman–Crippen LogP) is 9.64. The summed E-state index contributed by atoms with van der Waals surface area (Å²) in [5.41, 5.74) is 13.4. The van der Waals surface area contributed by atoms with Crippen LogP contribution in [0, 0.1) is 6.92 Å². The zero-order chi connectivity index (χ0) is 25.3. The van der Waals surface area contributed by atoms with Gasteiger partial charge in [-0.2, -0.15) is 0 Å². The van der Waals surface area contributed by atoms with Crippen molar-refractivity contribution in [3.05, 3.63) is 102 Å². The van der Waals surface area contributed by atoms with Gasteiger partial charge in [-0.1, -0.05) is 57.2 Å². The Labute approximate surface area is 216 Å². The summed E-state index contributed by atoms with van der Waals surface area (Å²) in [4.78, 5) is 4.61. The molecule has 0 amide bonds. The number of furan rings is 1. The van der Waals surface area contributed by atoms with E-state index in [2.05, 4.69) is 105 Å². The van der Waals surface area contributed by atoms with Gasteiger partial charge in [0.1, 0.15) is 11.2 Å². The molecule has 0 saturated heterocycles. The lowest BCUT2D eigenvalue weighted by atomic mass is 9.82. The zero-order valence-corrected chi connectivity index (χ0v) is 21.5. The Kier molecular flexibility index (Phi) is 4.62. The number of rotatable bonds is 1. The van der Waals surface area contributed by atoms with Crippen LogP contribution < -0.4 is 5.32 Å². The molecule has 3 nitrogen and oxygen atoms in total. The molecule has 0 aliphatic carbocycles. The lowest BCUT2D eigenvalue weighted by Crippen LogP contribution is -2.12. The van der Waals surface area contributed by atoms with Crippen LogP contribution in [0.5, 0.6) is 0 Å². The standard InChI is InChI=1S/C34H28N2O/c1-20-24-19-26-23-9-5-6-11-31(23)37-33(26)32(20)27-18-22(34(2,3)4)13-15-30(27)36-29-14-12-21(17-25(24)29)28-10-7-8-16-35-28/h5-19,36H,1-4H3. The van der Waals surface area contributed by atoms with Crippen molar-refractivity contribution in [2.75, 3.05) is 5.32 Å². The third kappa shape index (κ3) is 3.38. The van der Waals surface area contributed by atoms with Gasteiger partial charge >= 0.3 is 0 Å². The quantitative estimate of drug-likeness (QED) is 0.254. The smallest absolute Gasteiger partial charge is 0.143 e. The lowest BCUT2D eigenvalue weighted by Gasteiger charge is -2.26. The fourth-order valence-electron chi connectivity index (χ4n) is 5.60. The number of fused-ring (bicyclic) bond motifs is 10. The summed E-state index contributed by atoms with van der Waals surface area (Å²) in [6.07, 6.45) is 1.85. The van der Waals surface area contributed by atoms with Crippen molar-refractivity contribution in [3.63, 3.8) is 0 Å². The van der Waals surface area contributed by atoms with Crippen LogP contribution in [0.15, 0.2) is 95.5 Å². The number of nitrogens with zero attached hydrogens (tertiary/aromatic N) is 1. The van der Waals surface area contributed by atoms with Crippen molar-refractivity contribution in [2.45, 2.75) is 33.1 Å². The Morgan fingerprint density at radius 1 is 0.730 bits per heavy atom. The lowest BCUT2D eigenvalue weighted by molar-refractivity contribution is 0.590. The third-order valence-corrected chi connectivity index (χ3v) is 7.62. The van der Waals surface area contributed by atoms with Crippen molar-refractivity contribution in [3.8, 4) is 33.5 Å². The Bertz CT molecular complexity index is 1840. The highest BCUT2D eigenvalue weighted by atomic mass is 16.3. The molecule has 0 unspecified atom stereocenters. The molecule has 1 aliphatic heterocycles. The van der Waals surface area contributed by atoms with E-state index in [-0.39, 0.29) is 5.41 Å². The molecule has 3 heteroatoms. The van der Waals surface area contributed by atoms with Gasteiger partial charge in [0, 0.05) is 50.6 Å². The van der Waals surface area contributed by atoms with E-state index in [0.717, 1.165) is 50.1 Å². The van der Waals surface area contributed by atoms with E-state index in [9.17, 15) is 0 Å². The first-order chi connectivity index (χ1) is 17.9. The minimum Gasteiger partial charge on any atom is -0.455 e. The normalized spacial score (nSPS) is 12.5. The Morgan fingerprint density at radius 2 is 1.51 bits per heavy atom. The number of aromatic nitrogens is 1. The highest BCUT2D eigenvalue weighted by Gasteiger charge is 2.26. The number of benzene rings is 4. The van der Waals surface area contributed by atoms with E-state index in [1.54, 1.807) is 0 Å². The van der Waals surface area contributed by atoms with Crippen molar-refractivity contribution in [1.29, 1.82) is 0 Å². The van der Waals surface area contributed by atoms with Gasteiger partial charge in [0.25, 0.3) is 0 Å². The number of hydrogen-bond donors (Lipinski definition) is 1.